The molecule has 1 aromatic rings. The Kier molecular flexibility index (Phi) is 4.00. The molecule has 16 heavy (non-hydrogen) atoms. The van der Waals surface area contributed by atoms with E-state index in [0.29, 0.717) is 0 Å². The van der Waals surface area contributed by atoms with E-state index >= 15 is 0 Å². The van der Waals surface area contributed by atoms with Gasteiger partial charge in [0.25, 0.3) is 5.91 Å². The average Bonchev–Trinajstić information content (AvgIpc) is 2.87. The zero-order valence-corrected chi connectivity index (χ0v) is 11.4. The number of halogens is 1. The monoisotopic (exact) mass is 303 g/mol. The van der Waals surface area contributed by atoms with Gasteiger partial charge in [0.1, 0.15) is 0 Å². The molecule has 1 aliphatic heterocycles. The number of rotatable bonds is 3. The van der Waals surface area contributed by atoms with Crippen molar-refractivity contribution in [3.05, 3.63) is 20.8 Å². The maximum Gasteiger partial charge on any atom is 0.261 e. The van der Waals surface area contributed by atoms with Gasteiger partial charge >= 0.3 is 0 Å². The molecule has 1 saturated heterocycles. The largest absolute Gasteiger partial charge is 0.376 e. The minimum absolute atomic E-state index is 0.0151. The first kappa shape index (κ1) is 12.1. The van der Waals surface area contributed by atoms with Crippen molar-refractivity contribution in [2.24, 2.45) is 0 Å². The van der Waals surface area contributed by atoms with Crippen LogP contribution in [0, 0.1) is 0 Å². The summed E-state index contributed by atoms with van der Waals surface area (Å²) in [5.41, 5.74) is 0. The standard InChI is InChI=1S/C11H14BrNO2S/c1-7(9-3-2-4-15-9)13-11(14)10-5-8(12)6-16-10/h5-7,9H,2-4H2,1H3,(H,13,14)/t7-,9-/m1/s1. The fourth-order valence-corrected chi connectivity index (χ4v) is 3.13. The van der Waals surface area contributed by atoms with E-state index in [2.05, 4.69) is 21.2 Å². The van der Waals surface area contributed by atoms with Crippen LogP contribution in [-0.4, -0.2) is 24.7 Å². The third-order valence-electron chi connectivity index (χ3n) is 2.67. The molecular weight excluding hydrogens is 290 g/mol. The molecule has 1 aromatic heterocycles. The molecular formula is C11H14BrNO2S. The Morgan fingerprint density at radius 2 is 2.56 bits per heavy atom. The highest BCUT2D eigenvalue weighted by atomic mass is 79.9. The molecule has 0 spiro atoms. The molecule has 1 amide bonds. The molecule has 0 aromatic carbocycles. The highest BCUT2D eigenvalue weighted by Crippen LogP contribution is 2.20. The summed E-state index contributed by atoms with van der Waals surface area (Å²) >= 11 is 4.78. The molecule has 1 fully saturated rings. The summed E-state index contributed by atoms with van der Waals surface area (Å²) in [7, 11) is 0. The van der Waals surface area contributed by atoms with Gasteiger partial charge in [-0.3, -0.25) is 4.79 Å². The highest BCUT2D eigenvalue weighted by Gasteiger charge is 2.24. The van der Waals surface area contributed by atoms with Crippen LogP contribution in [0.25, 0.3) is 0 Å². The number of carbonyl (C=O) groups is 1. The lowest BCUT2D eigenvalue weighted by atomic mass is 10.1. The molecule has 3 nitrogen and oxygen atoms in total. The third-order valence-corrected chi connectivity index (χ3v) is 4.36. The predicted octanol–water partition coefficient (Wildman–Crippen LogP) is 2.81. The lowest BCUT2D eigenvalue weighted by molar-refractivity contribution is 0.0714. The normalized spacial score (nSPS) is 22.0. The lowest BCUT2D eigenvalue weighted by Crippen LogP contribution is -2.40. The van der Waals surface area contributed by atoms with Crippen LogP contribution >= 0.6 is 27.3 Å². The van der Waals surface area contributed by atoms with Crippen LogP contribution in [0.15, 0.2) is 15.9 Å². The van der Waals surface area contributed by atoms with Gasteiger partial charge < -0.3 is 10.1 Å². The fraction of sp³-hybridized carbons (Fsp3) is 0.545. The van der Waals surface area contributed by atoms with Gasteiger partial charge in [-0.1, -0.05) is 0 Å². The Balaban J connectivity index is 1.91. The quantitative estimate of drug-likeness (QED) is 0.932. The average molecular weight is 304 g/mol. The van der Waals surface area contributed by atoms with Crippen molar-refractivity contribution < 1.29 is 9.53 Å². The van der Waals surface area contributed by atoms with Crippen molar-refractivity contribution in [3.63, 3.8) is 0 Å². The summed E-state index contributed by atoms with van der Waals surface area (Å²) in [6.45, 7) is 2.81. The van der Waals surface area contributed by atoms with Crippen LogP contribution in [0.5, 0.6) is 0 Å². The van der Waals surface area contributed by atoms with E-state index < -0.39 is 0 Å². The number of carbonyl (C=O) groups excluding carboxylic acids is 1. The van der Waals surface area contributed by atoms with Crippen molar-refractivity contribution in [1.29, 1.82) is 0 Å². The summed E-state index contributed by atoms with van der Waals surface area (Å²) in [5, 5.41) is 4.89. The molecule has 1 N–H and O–H groups in total. The van der Waals surface area contributed by atoms with Crippen molar-refractivity contribution >= 4 is 33.2 Å². The van der Waals surface area contributed by atoms with Gasteiger partial charge in [0.2, 0.25) is 0 Å². The number of nitrogens with one attached hydrogen (secondary N) is 1. The van der Waals surface area contributed by atoms with Crippen molar-refractivity contribution in [1.82, 2.24) is 5.32 Å². The molecule has 2 atom stereocenters. The fourth-order valence-electron chi connectivity index (χ4n) is 1.80. The van der Waals surface area contributed by atoms with Crippen LogP contribution in [-0.2, 0) is 4.74 Å². The molecule has 0 radical (unpaired) electrons. The summed E-state index contributed by atoms with van der Waals surface area (Å²) < 4.78 is 6.49. The van der Waals surface area contributed by atoms with Crippen LogP contribution in [0.3, 0.4) is 0 Å². The Bertz CT molecular complexity index is 374. The van der Waals surface area contributed by atoms with Crippen molar-refractivity contribution in [2.75, 3.05) is 6.61 Å². The topological polar surface area (TPSA) is 38.3 Å². The summed E-state index contributed by atoms with van der Waals surface area (Å²) in [4.78, 5) is 12.6. The molecule has 2 rings (SSSR count). The second-order valence-corrected chi connectivity index (χ2v) is 5.77. The van der Waals surface area contributed by atoms with Gasteiger partial charge in [-0.05, 0) is 41.8 Å². The molecule has 0 bridgehead atoms. The highest BCUT2D eigenvalue weighted by molar-refractivity contribution is 9.10. The van der Waals surface area contributed by atoms with Crippen LogP contribution in [0.1, 0.15) is 29.4 Å². The second-order valence-electron chi connectivity index (χ2n) is 3.94. The molecule has 2 heterocycles. The summed E-state index contributed by atoms with van der Waals surface area (Å²) in [5.74, 6) is -0.0151. The first-order valence-electron chi connectivity index (χ1n) is 5.33. The number of thiophene rings is 1. The van der Waals surface area contributed by atoms with Gasteiger partial charge in [0, 0.05) is 16.5 Å². The number of ether oxygens (including phenoxy) is 1. The van der Waals surface area contributed by atoms with E-state index in [1.54, 1.807) is 0 Å². The van der Waals surface area contributed by atoms with Gasteiger partial charge in [-0.2, -0.15) is 0 Å². The Hall–Kier alpha value is -0.390. The molecule has 0 aliphatic carbocycles. The minimum atomic E-state index is -0.0151. The first-order valence-corrected chi connectivity index (χ1v) is 7.00. The Morgan fingerprint density at radius 1 is 1.75 bits per heavy atom. The summed E-state index contributed by atoms with van der Waals surface area (Å²) in [6, 6.07) is 1.92. The van der Waals surface area contributed by atoms with E-state index in [0.717, 1.165) is 28.8 Å². The molecule has 0 saturated carbocycles. The molecule has 5 heteroatoms. The zero-order chi connectivity index (χ0) is 11.5. The van der Waals surface area contributed by atoms with Gasteiger partial charge in [0.05, 0.1) is 17.0 Å². The van der Waals surface area contributed by atoms with Crippen LogP contribution in [0.2, 0.25) is 0 Å². The van der Waals surface area contributed by atoms with Crippen LogP contribution in [0.4, 0.5) is 0 Å². The van der Waals surface area contributed by atoms with Gasteiger partial charge in [-0.15, -0.1) is 11.3 Å². The zero-order valence-electron chi connectivity index (χ0n) is 9.03. The maximum atomic E-state index is 11.8. The van der Waals surface area contributed by atoms with E-state index in [9.17, 15) is 4.79 Å². The third kappa shape index (κ3) is 2.84. The summed E-state index contributed by atoms with van der Waals surface area (Å²) in [6.07, 6.45) is 2.30. The molecule has 1 aliphatic rings. The van der Waals surface area contributed by atoms with Gasteiger partial charge in [0.15, 0.2) is 0 Å². The van der Waals surface area contributed by atoms with E-state index in [-0.39, 0.29) is 18.1 Å². The van der Waals surface area contributed by atoms with E-state index in [4.69, 9.17) is 4.74 Å². The van der Waals surface area contributed by atoms with E-state index in [1.807, 2.05) is 18.4 Å². The Morgan fingerprint density at radius 3 is 3.12 bits per heavy atom. The number of hydrogen-bond donors (Lipinski definition) is 1. The first-order chi connectivity index (χ1) is 7.66. The van der Waals surface area contributed by atoms with Crippen molar-refractivity contribution in [3.8, 4) is 0 Å². The SMILES string of the molecule is C[C@@H](NC(=O)c1cc(Br)cs1)[C@H]1CCCO1. The number of amides is 1. The van der Waals surface area contributed by atoms with Crippen molar-refractivity contribution in [2.45, 2.75) is 31.9 Å². The molecule has 0 unspecified atom stereocenters. The second kappa shape index (κ2) is 5.29. The van der Waals surface area contributed by atoms with E-state index in [1.165, 1.54) is 11.3 Å². The minimum Gasteiger partial charge on any atom is -0.376 e. The smallest absolute Gasteiger partial charge is 0.261 e. The van der Waals surface area contributed by atoms with Crippen LogP contribution < -0.4 is 5.32 Å². The maximum absolute atomic E-state index is 11.8. The lowest BCUT2D eigenvalue weighted by Gasteiger charge is -2.19. The predicted molar refractivity (Wildman–Crippen MR) is 67.9 cm³/mol. The number of hydrogen-bond acceptors (Lipinski definition) is 3. The Labute approximate surface area is 107 Å². The van der Waals surface area contributed by atoms with Gasteiger partial charge in [-0.25, -0.2) is 0 Å². The molecule has 88 valence electrons.